The standard InChI is InChI=1S/C8H7ClN2O/c1-5-4-11(2)8(12)6(3-10)7(5)9/h4H,1-2H3. The number of aryl methyl sites for hydroxylation is 2. The Morgan fingerprint density at radius 3 is 2.75 bits per heavy atom. The summed E-state index contributed by atoms with van der Waals surface area (Å²) in [4.78, 5) is 11.2. The SMILES string of the molecule is Cc1cn(C)c(=O)c(C#N)c1Cl. The fourth-order valence-corrected chi connectivity index (χ4v) is 1.14. The van der Waals surface area contributed by atoms with Crippen LogP contribution in [0.3, 0.4) is 0 Å². The van der Waals surface area contributed by atoms with E-state index in [0.717, 1.165) is 5.56 Å². The predicted molar refractivity (Wildman–Crippen MR) is 46.1 cm³/mol. The lowest BCUT2D eigenvalue weighted by atomic mass is 10.2. The lowest BCUT2D eigenvalue weighted by molar-refractivity contribution is 0.847. The van der Waals surface area contributed by atoms with Crippen molar-refractivity contribution >= 4 is 11.6 Å². The maximum Gasteiger partial charge on any atom is 0.269 e. The van der Waals surface area contributed by atoms with Crippen molar-refractivity contribution < 1.29 is 0 Å². The van der Waals surface area contributed by atoms with Crippen LogP contribution in [-0.4, -0.2) is 4.57 Å². The van der Waals surface area contributed by atoms with E-state index < -0.39 is 0 Å². The summed E-state index contributed by atoms with van der Waals surface area (Å²) in [6.07, 6.45) is 1.60. The molecule has 1 rings (SSSR count). The van der Waals surface area contributed by atoms with Crippen molar-refractivity contribution in [3.05, 3.63) is 32.7 Å². The van der Waals surface area contributed by atoms with Crippen molar-refractivity contribution in [2.24, 2.45) is 7.05 Å². The molecule has 62 valence electrons. The zero-order valence-electron chi connectivity index (χ0n) is 6.76. The monoisotopic (exact) mass is 182 g/mol. The number of hydrogen-bond acceptors (Lipinski definition) is 2. The Morgan fingerprint density at radius 1 is 1.67 bits per heavy atom. The lowest BCUT2D eigenvalue weighted by Crippen LogP contribution is -2.20. The number of halogens is 1. The highest BCUT2D eigenvalue weighted by molar-refractivity contribution is 6.32. The van der Waals surface area contributed by atoms with Gasteiger partial charge in [0.1, 0.15) is 11.6 Å². The molecule has 0 spiro atoms. The molecule has 0 aliphatic rings. The second kappa shape index (κ2) is 3.00. The van der Waals surface area contributed by atoms with Crippen molar-refractivity contribution in [1.82, 2.24) is 4.57 Å². The lowest BCUT2D eigenvalue weighted by Gasteiger charge is -2.02. The average Bonchev–Trinajstić information content (AvgIpc) is 2.02. The van der Waals surface area contributed by atoms with Gasteiger partial charge in [0.25, 0.3) is 5.56 Å². The first-order chi connectivity index (χ1) is 5.57. The zero-order valence-corrected chi connectivity index (χ0v) is 7.51. The Bertz CT molecular complexity index is 414. The van der Waals surface area contributed by atoms with Gasteiger partial charge in [-0.1, -0.05) is 11.6 Å². The molecule has 0 N–H and O–H groups in total. The molecule has 0 fully saturated rings. The third-order valence-corrected chi connectivity index (χ3v) is 2.09. The maximum atomic E-state index is 11.2. The Kier molecular flexibility index (Phi) is 2.20. The molecule has 0 radical (unpaired) electrons. The zero-order chi connectivity index (χ0) is 9.30. The molecule has 4 heteroatoms. The average molecular weight is 183 g/mol. The molecule has 0 aliphatic heterocycles. The van der Waals surface area contributed by atoms with Crippen LogP contribution in [0.2, 0.25) is 5.02 Å². The van der Waals surface area contributed by atoms with Gasteiger partial charge in [0.05, 0.1) is 5.02 Å². The summed E-state index contributed by atoms with van der Waals surface area (Å²) in [6, 6.07) is 1.78. The first kappa shape index (κ1) is 8.82. The van der Waals surface area contributed by atoms with Gasteiger partial charge < -0.3 is 4.57 Å². The molecule has 0 amide bonds. The minimum Gasteiger partial charge on any atom is -0.317 e. The van der Waals surface area contributed by atoms with Crippen LogP contribution in [0.15, 0.2) is 11.0 Å². The molecule has 1 aromatic rings. The van der Waals surface area contributed by atoms with Crippen molar-refractivity contribution in [3.63, 3.8) is 0 Å². The summed E-state index contributed by atoms with van der Waals surface area (Å²) >= 11 is 5.73. The highest BCUT2D eigenvalue weighted by Gasteiger charge is 2.08. The van der Waals surface area contributed by atoms with E-state index in [0.29, 0.717) is 0 Å². The van der Waals surface area contributed by atoms with Crippen molar-refractivity contribution in [1.29, 1.82) is 5.26 Å². The van der Waals surface area contributed by atoms with Gasteiger partial charge in [-0.25, -0.2) is 0 Å². The van der Waals surface area contributed by atoms with E-state index in [2.05, 4.69) is 0 Å². The molecule has 0 aliphatic carbocycles. The van der Waals surface area contributed by atoms with E-state index in [9.17, 15) is 4.79 Å². The molecule has 0 aromatic carbocycles. The second-order valence-corrected chi connectivity index (χ2v) is 2.91. The number of aromatic nitrogens is 1. The molecule has 1 aromatic heterocycles. The normalized spacial score (nSPS) is 9.50. The Labute approximate surface area is 74.8 Å². The van der Waals surface area contributed by atoms with Crippen LogP contribution < -0.4 is 5.56 Å². The summed E-state index contributed by atoms with van der Waals surface area (Å²) in [6.45, 7) is 1.75. The third-order valence-electron chi connectivity index (χ3n) is 1.60. The molecule has 3 nitrogen and oxygen atoms in total. The predicted octanol–water partition coefficient (Wildman–Crippen LogP) is 1.22. The largest absolute Gasteiger partial charge is 0.317 e. The quantitative estimate of drug-likeness (QED) is 0.606. The fourth-order valence-electron chi connectivity index (χ4n) is 0.970. The number of pyridine rings is 1. The smallest absolute Gasteiger partial charge is 0.269 e. The molecule has 12 heavy (non-hydrogen) atoms. The summed E-state index contributed by atoms with van der Waals surface area (Å²) in [5, 5.41) is 8.85. The van der Waals surface area contributed by atoms with Gasteiger partial charge in [0.2, 0.25) is 0 Å². The van der Waals surface area contributed by atoms with E-state index in [1.54, 1.807) is 26.2 Å². The Morgan fingerprint density at radius 2 is 2.25 bits per heavy atom. The van der Waals surface area contributed by atoms with Crippen LogP contribution in [0.1, 0.15) is 11.1 Å². The van der Waals surface area contributed by atoms with Crippen LogP contribution in [0.5, 0.6) is 0 Å². The van der Waals surface area contributed by atoms with E-state index in [4.69, 9.17) is 16.9 Å². The Hall–Kier alpha value is -1.27. The molecule has 0 saturated heterocycles. The topological polar surface area (TPSA) is 45.8 Å². The van der Waals surface area contributed by atoms with Gasteiger partial charge in [-0.05, 0) is 12.5 Å². The van der Waals surface area contributed by atoms with Crippen LogP contribution >= 0.6 is 11.6 Å². The van der Waals surface area contributed by atoms with Crippen LogP contribution in [0, 0.1) is 18.3 Å². The second-order valence-electron chi connectivity index (χ2n) is 2.53. The van der Waals surface area contributed by atoms with Crippen LogP contribution in [0.4, 0.5) is 0 Å². The van der Waals surface area contributed by atoms with Gasteiger partial charge in [0, 0.05) is 13.2 Å². The van der Waals surface area contributed by atoms with E-state index >= 15 is 0 Å². The third kappa shape index (κ3) is 1.21. The summed E-state index contributed by atoms with van der Waals surface area (Å²) in [5.41, 5.74) is 0.391. The first-order valence-electron chi connectivity index (χ1n) is 3.33. The maximum absolute atomic E-state index is 11.2. The number of nitriles is 1. The van der Waals surface area contributed by atoms with E-state index in [1.807, 2.05) is 0 Å². The fraction of sp³-hybridized carbons (Fsp3) is 0.250. The first-order valence-corrected chi connectivity index (χ1v) is 3.71. The molecular weight excluding hydrogens is 176 g/mol. The number of hydrogen-bond donors (Lipinski definition) is 0. The molecule has 1 heterocycles. The molecular formula is C8H7ClN2O. The summed E-state index contributed by atoms with van der Waals surface area (Å²) < 4.78 is 1.35. The molecule has 0 unspecified atom stereocenters. The highest BCUT2D eigenvalue weighted by atomic mass is 35.5. The number of nitrogens with zero attached hydrogens (tertiary/aromatic N) is 2. The molecule has 0 bridgehead atoms. The Balaban J connectivity index is 3.68. The number of rotatable bonds is 0. The van der Waals surface area contributed by atoms with Crippen molar-refractivity contribution in [2.45, 2.75) is 6.92 Å². The van der Waals surface area contributed by atoms with Gasteiger partial charge in [0.15, 0.2) is 0 Å². The van der Waals surface area contributed by atoms with Gasteiger partial charge in [-0.3, -0.25) is 4.79 Å². The van der Waals surface area contributed by atoms with Crippen LogP contribution in [0.25, 0.3) is 0 Å². The van der Waals surface area contributed by atoms with Gasteiger partial charge >= 0.3 is 0 Å². The highest BCUT2D eigenvalue weighted by Crippen LogP contribution is 2.15. The van der Waals surface area contributed by atoms with E-state index in [-0.39, 0.29) is 16.1 Å². The molecule has 0 saturated carbocycles. The minimum absolute atomic E-state index is 0.0131. The van der Waals surface area contributed by atoms with Crippen LogP contribution in [-0.2, 0) is 7.05 Å². The summed E-state index contributed by atoms with van der Waals surface area (Å²) in [5.74, 6) is 0. The molecule has 0 atom stereocenters. The minimum atomic E-state index is -0.354. The van der Waals surface area contributed by atoms with E-state index in [1.165, 1.54) is 4.57 Å². The van der Waals surface area contributed by atoms with Gasteiger partial charge in [-0.2, -0.15) is 5.26 Å². The van der Waals surface area contributed by atoms with Crippen molar-refractivity contribution in [2.75, 3.05) is 0 Å². The summed E-state index contributed by atoms with van der Waals surface area (Å²) in [7, 11) is 1.59. The van der Waals surface area contributed by atoms with Crippen molar-refractivity contribution in [3.8, 4) is 6.07 Å². The van der Waals surface area contributed by atoms with Gasteiger partial charge in [-0.15, -0.1) is 0 Å².